The number of carbonyl (C=O) groups excluding carboxylic acids is 2. The summed E-state index contributed by atoms with van der Waals surface area (Å²) in [7, 11) is 4.46. The number of rotatable bonds is 7. The van der Waals surface area contributed by atoms with E-state index in [4.69, 9.17) is 18.9 Å². The molecule has 1 aliphatic rings. The Bertz CT molecular complexity index is 1010. The van der Waals surface area contributed by atoms with Gasteiger partial charge in [0.2, 0.25) is 5.75 Å². The van der Waals surface area contributed by atoms with E-state index in [0.717, 1.165) is 5.57 Å². The van der Waals surface area contributed by atoms with Gasteiger partial charge in [0.05, 0.1) is 27.0 Å². The van der Waals surface area contributed by atoms with Crippen molar-refractivity contribution in [2.45, 2.75) is 20.0 Å². The van der Waals surface area contributed by atoms with Gasteiger partial charge in [-0.15, -0.1) is 0 Å². The highest BCUT2D eigenvalue weighted by molar-refractivity contribution is 6.06. The minimum atomic E-state index is -0.591. The maximum absolute atomic E-state index is 12.9. The van der Waals surface area contributed by atoms with E-state index in [1.165, 1.54) is 21.3 Å². The molecule has 2 aromatic carbocycles. The Labute approximate surface area is 181 Å². The third kappa shape index (κ3) is 4.42. The summed E-state index contributed by atoms with van der Waals surface area (Å²) in [6, 6.07) is 8.29. The molecule has 3 rings (SSSR count). The first-order valence-corrected chi connectivity index (χ1v) is 9.66. The minimum Gasteiger partial charge on any atom is -0.493 e. The summed E-state index contributed by atoms with van der Waals surface area (Å²) in [6.07, 6.45) is -0.591. The molecule has 1 aliphatic heterocycles. The molecule has 1 N–H and O–H groups in total. The summed E-state index contributed by atoms with van der Waals surface area (Å²) < 4.78 is 21.6. The Morgan fingerprint density at radius 1 is 1.13 bits per heavy atom. The Morgan fingerprint density at radius 3 is 2.32 bits per heavy atom. The summed E-state index contributed by atoms with van der Waals surface area (Å²) >= 11 is 0. The molecular formula is C23H26N2O6. The van der Waals surface area contributed by atoms with Crippen LogP contribution in [-0.4, -0.2) is 45.8 Å². The zero-order chi connectivity index (χ0) is 22.7. The van der Waals surface area contributed by atoms with Gasteiger partial charge in [-0.1, -0.05) is 12.2 Å². The standard InChI is InChI=1S/C23H26N2O6/c1-13(2)12-25-17-11-16(7-8-18(17)31-14(3)23(25)27)24-22(26)15-9-19(28-4)21(30-6)20(10-15)29-5/h7-11,14H,1,12H2,2-6H3,(H,24,26). The van der Waals surface area contributed by atoms with Crippen molar-refractivity contribution in [3.05, 3.63) is 48.0 Å². The number of anilines is 2. The molecule has 1 heterocycles. The smallest absolute Gasteiger partial charge is 0.268 e. The average Bonchev–Trinajstić information content (AvgIpc) is 2.75. The highest BCUT2D eigenvalue weighted by atomic mass is 16.5. The van der Waals surface area contributed by atoms with Gasteiger partial charge in [0, 0.05) is 17.8 Å². The first kappa shape index (κ1) is 22.0. The van der Waals surface area contributed by atoms with E-state index in [9.17, 15) is 9.59 Å². The highest BCUT2D eigenvalue weighted by Crippen LogP contribution is 2.39. The van der Waals surface area contributed by atoms with Gasteiger partial charge >= 0.3 is 0 Å². The SMILES string of the molecule is C=C(C)CN1C(=O)C(C)Oc2ccc(NC(=O)c3cc(OC)c(OC)c(OC)c3)cc21. The number of hydrogen-bond donors (Lipinski definition) is 1. The van der Waals surface area contributed by atoms with Gasteiger partial charge in [0.1, 0.15) is 5.75 Å². The molecule has 1 atom stereocenters. The van der Waals surface area contributed by atoms with E-state index >= 15 is 0 Å². The zero-order valence-electron chi connectivity index (χ0n) is 18.3. The number of amides is 2. The largest absolute Gasteiger partial charge is 0.493 e. The van der Waals surface area contributed by atoms with Crippen molar-refractivity contribution < 1.29 is 28.5 Å². The van der Waals surface area contributed by atoms with E-state index in [1.807, 2.05) is 6.92 Å². The lowest BCUT2D eigenvalue weighted by Crippen LogP contribution is -2.45. The summed E-state index contributed by atoms with van der Waals surface area (Å²) in [5, 5.41) is 2.84. The molecule has 0 fully saturated rings. The summed E-state index contributed by atoms with van der Waals surface area (Å²) in [4.78, 5) is 27.1. The van der Waals surface area contributed by atoms with Crippen LogP contribution in [0.2, 0.25) is 0 Å². The molecule has 2 amide bonds. The van der Waals surface area contributed by atoms with Crippen LogP contribution in [0, 0.1) is 0 Å². The van der Waals surface area contributed by atoms with E-state index < -0.39 is 6.10 Å². The normalized spacial score (nSPS) is 14.9. The van der Waals surface area contributed by atoms with Crippen molar-refractivity contribution >= 4 is 23.2 Å². The molecule has 0 aromatic heterocycles. The number of ether oxygens (including phenoxy) is 4. The lowest BCUT2D eigenvalue weighted by atomic mass is 10.1. The Hall–Kier alpha value is -3.68. The van der Waals surface area contributed by atoms with Crippen LogP contribution >= 0.6 is 0 Å². The number of methoxy groups -OCH3 is 3. The van der Waals surface area contributed by atoms with Gasteiger partial charge in [0.25, 0.3) is 11.8 Å². The fourth-order valence-corrected chi connectivity index (χ4v) is 3.33. The van der Waals surface area contributed by atoms with Crippen LogP contribution in [0.3, 0.4) is 0 Å². The van der Waals surface area contributed by atoms with Gasteiger partial charge in [0.15, 0.2) is 17.6 Å². The van der Waals surface area contributed by atoms with Crippen LogP contribution in [0.1, 0.15) is 24.2 Å². The Morgan fingerprint density at radius 2 is 1.77 bits per heavy atom. The van der Waals surface area contributed by atoms with Crippen molar-refractivity contribution in [2.24, 2.45) is 0 Å². The molecule has 0 aliphatic carbocycles. The van der Waals surface area contributed by atoms with Crippen LogP contribution in [-0.2, 0) is 4.79 Å². The van der Waals surface area contributed by atoms with E-state index in [1.54, 1.807) is 42.2 Å². The van der Waals surface area contributed by atoms with Gasteiger partial charge in [-0.2, -0.15) is 0 Å². The fourth-order valence-electron chi connectivity index (χ4n) is 3.33. The first-order chi connectivity index (χ1) is 14.8. The summed E-state index contributed by atoms with van der Waals surface area (Å²) in [5.74, 6) is 1.18. The summed E-state index contributed by atoms with van der Waals surface area (Å²) in [5.41, 5.74) is 2.25. The monoisotopic (exact) mass is 426 g/mol. The first-order valence-electron chi connectivity index (χ1n) is 9.66. The number of benzene rings is 2. The van der Waals surface area contributed by atoms with Crippen molar-refractivity contribution in [1.82, 2.24) is 0 Å². The van der Waals surface area contributed by atoms with E-state index in [-0.39, 0.29) is 11.8 Å². The Kier molecular flexibility index (Phi) is 6.39. The second kappa shape index (κ2) is 8.99. The van der Waals surface area contributed by atoms with Crippen LogP contribution in [0.15, 0.2) is 42.5 Å². The molecule has 0 saturated heterocycles. The van der Waals surface area contributed by atoms with Crippen molar-refractivity contribution in [2.75, 3.05) is 38.1 Å². The minimum absolute atomic E-state index is 0.163. The van der Waals surface area contributed by atoms with Crippen LogP contribution in [0.25, 0.3) is 0 Å². The maximum atomic E-state index is 12.9. The molecule has 0 saturated carbocycles. The second-order valence-electron chi connectivity index (χ2n) is 7.19. The van der Waals surface area contributed by atoms with Crippen molar-refractivity contribution in [1.29, 1.82) is 0 Å². The third-order valence-electron chi connectivity index (χ3n) is 4.78. The fraction of sp³-hybridized carbons (Fsp3) is 0.304. The molecular weight excluding hydrogens is 400 g/mol. The number of nitrogens with one attached hydrogen (secondary N) is 1. The molecule has 31 heavy (non-hydrogen) atoms. The van der Waals surface area contributed by atoms with Crippen LogP contribution in [0.4, 0.5) is 11.4 Å². The highest BCUT2D eigenvalue weighted by Gasteiger charge is 2.31. The lowest BCUT2D eigenvalue weighted by Gasteiger charge is -2.33. The molecule has 8 heteroatoms. The maximum Gasteiger partial charge on any atom is 0.268 e. The van der Waals surface area contributed by atoms with E-state index in [0.29, 0.717) is 46.5 Å². The number of nitrogens with zero attached hydrogens (tertiary/aromatic N) is 1. The predicted octanol–water partition coefficient (Wildman–Crippen LogP) is 3.65. The van der Waals surface area contributed by atoms with Crippen molar-refractivity contribution in [3.63, 3.8) is 0 Å². The lowest BCUT2D eigenvalue weighted by molar-refractivity contribution is -0.125. The molecule has 164 valence electrons. The van der Waals surface area contributed by atoms with Crippen LogP contribution in [0.5, 0.6) is 23.0 Å². The number of hydrogen-bond acceptors (Lipinski definition) is 6. The van der Waals surface area contributed by atoms with Gasteiger partial charge < -0.3 is 29.2 Å². The Balaban J connectivity index is 1.92. The van der Waals surface area contributed by atoms with Crippen LogP contribution < -0.4 is 29.2 Å². The summed E-state index contributed by atoms with van der Waals surface area (Å²) in [6.45, 7) is 7.82. The molecule has 2 aromatic rings. The molecule has 0 spiro atoms. The molecule has 8 nitrogen and oxygen atoms in total. The van der Waals surface area contributed by atoms with Gasteiger partial charge in [-0.05, 0) is 44.2 Å². The molecule has 0 radical (unpaired) electrons. The van der Waals surface area contributed by atoms with Crippen molar-refractivity contribution in [3.8, 4) is 23.0 Å². The average molecular weight is 426 g/mol. The van der Waals surface area contributed by atoms with E-state index in [2.05, 4.69) is 11.9 Å². The van der Waals surface area contributed by atoms with Gasteiger partial charge in [-0.25, -0.2) is 0 Å². The quantitative estimate of drug-likeness (QED) is 0.680. The third-order valence-corrected chi connectivity index (χ3v) is 4.78. The van der Waals surface area contributed by atoms with Gasteiger partial charge in [-0.3, -0.25) is 9.59 Å². The predicted molar refractivity (Wildman–Crippen MR) is 118 cm³/mol. The number of carbonyl (C=O) groups is 2. The topological polar surface area (TPSA) is 86.3 Å². The molecule has 0 bridgehead atoms. The number of fused-ring (bicyclic) bond motifs is 1. The molecule has 1 unspecified atom stereocenters. The zero-order valence-corrected chi connectivity index (χ0v) is 18.3. The second-order valence-corrected chi connectivity index (χ2v) is 7.19.